The molecule has 0 spiro atoms. The molecule has 108 valence electrons. The number of fused-ring (bicyclic) bond motifs is 5. The van der Waals surface area contributed by atoms with Crippen LogP contribution in [0.15, 0.2) is 12.2 Å². The minimum absolute atomic E-state index is 0.0626. The molecule has 2 bridgehead atoms. The highest BCUT2D eigenvalue weighted by Gasteiger charge is 2.59. The highest BCUT2D eigenvalue weighted by atomic mass is 16.2. The monoisotopic (exact) mass is 276 g/mol. The summed E-state index contributed by atoms with van der Waals surface area (Å²) in [6, 6.07) is 0.0626. The summed E-state index contributed by atoms with van der Waals surface area (Å²) >= 11 is 0. The average molecular weight is 276 g/mol. The van der Waals surface area contributed by atoms with Crippen LogP contribution in [0, 0.1) is 23.7 Å². The van der Waals surface area contributed by atoms with E-state index in [1.807, 2.05) is 13.8 Å². The molecule has 1 saturated heterocycles. The van der Waals surface area contributed by atoms with Gasteiger partial charge in [-0.25, -0.2) is 0 Å². The summed E-state index contributed by atoms with van der Waals surface area (Å²) < 4.78 is 0. The summed E-state index contributed by atoms with van der Waals surface area (Å²) in [4.78, 5) is 37.8. The number of nitrogens with zero attached hydrogens (tertiary/aromatic N) is 1. The second-order valence-corrected chi connectivity index (χ2v) is 6.14. The van der Waals surface area contributed by atoms with Crippen molar-refractivity contribution in [3.63, 3.8) is 0 Å². The Morgan fingerprint density at radius 3 is 2.35 bits per heavy atom. The second-order valence-electron chi connectivity index (χ2n) is 6.14. The predicted molar refractivity (Wildman–Crippen MR) is 72.3 cm³/mol. The number of carbonyl (C=O) groups excluding carboxylic acids is 3. The molecule has 1 saturated carbocycles. The van der Waals surface area contributed by atoms with Gasteiger partial charge in [-0.3, -0.25) is 19.3 Å². The number of hydrogen-bond donors (Lipinski definition) is 1. The van der Waals surface area contributed by atoms with Crippen LogP contribution in [0.1, 0.15) is 26.7 Å². The molecule has 2 fully saturated rings. The van der Waals surface area contributed by atoms with Crippen LogP contribution in [0.25, 0.3) is 0 Å². The van der Waals surface area contributed by atoms with E-state index in [1.54, 1.807) is 0 Å². The largest absolute Gasteiger partial charge is 0.352 e. The first-order valence-electron chi connectivity index (χ1n) is 7.35. The first-order valence-corrected chi connectivity index (χ1v) is 7.35. The third kappa shape index (κ3) is 1.87. The Balaban J connectivity index is 1.69. The van der Waals surface area contributed by atoms with Gasteiger partial charge in [-0.1, -0.05) is 19.1 Å². The van der Waals surface area contributed by atoms with Gasteiger partial charge in [-0.15, -0.1) is 0 Å². The lowest BCUT2D eigenvalue weighted by molar-refractivity contribution is -0.144. The highest BCUT2D eigenvalue weighted by molar-refractivity contribution is 6.08. The van der Waals surface area contributed by atoms with E-state index >= 15 is 0 Å². The van der Waals surface area contributed by atoms with Gasteiger partial charge in [0.25, 0.3) is 0 Å². The molecule has 5 atom stereocenters. The van der Waals surface area contributed by atoms with Crippen molar-refractivity contribution < 1.29 is 14.4 Å². The van der Waals surface area contributed by atoms with Gasteiger partial charge in [0, 0.05) is 6.04 Å². The zero-order valence-corrected chi connectivity index (χ0v) is 11.8. The molecule has 2 aliphatic carbocycles. The van der Waals surface area contributed by atoms with Crippen LogP contribution in [0.3, 0.4) is 0 Å². The average Bonchev–Trinajstić information content (AvgIpc) is 3.08. The van der Waals surface area contributed by atoms with Crippen molar-refractivity contribution in [1.29, 1.82) is 0 Å². The second kappa shape index (κ2) is 4.72. The molecule has 0 unspecified atom stereocenters. The maximum Gasteiger partial charge on any atom is 0.240 e. The standard InChI is InChI=1S/C15H20N2O3/c1-3-8(2)16-11(18)7-17-14(19)12-9-4-5-10(6-9)13(12)15(17)20/h4-5,8-10,12-13H,3,6-7H2,1-2H3,(H,16,18)/t8-,9-,10+,12+,13-/m1/s1. The lowest BCUT2D eigenvalue weighted by atomic mass is 9.85. The van der Waals surface area contributed by atoms with Gasteiger partial charge in [0.15, 0.2) is 0 Å². The zero-order chi connectivity index (χ0) is 14.4. The zero-order valence-electron chi connectivity index (χ0n) is 11.8. The maximum atomic E-state index is 12.4. The first-order chi connectivity index (χ1) is 9.52. The van der Waals surface area contributed by atoms with E-state index in [0.29, 0.717) is 0 Å². The van der Waals surface area contributed by atoms with Gasteiger partial charge in [-0.2, -0.15) is 0 Å². The lowest BCUT2D eigenvalue weighted by Gasteiger charge is -2.18. The number of carbonyl (C=O) groups is 3. The van der Waals surface area contributed by atoms with Crippen LogP contribution in [0.2, 0.25) is 0 Å². The fraction of sp³-hybridized carbons (Fsp3) is 0.667. The molecular formula is C15H20N2O3. The summed E-state index contributed by atoms with van der Waals surface area (Å²) in [6.45, 7) is 3.75. The molecule has 1 N–H and O–H groups in total. The molecular weight excluding hydrogens is 256 g/mol. The normalized spacial score (nSPS) is 35.6. The van der Waals surface area contributed by atoms with Crippen LogP contribution in [-0.4, -0.2) is 35.2 Å². The Kier molecular flexibility index (Phi) is 3.15. The number of allylic oxidation sites excluding steroid dienone is 2. The topological polar surface area (TPSA) is 66.5 Å². The van der Waals surface area contributed by atoms with Crippen molar-refractivity contribution in [1.82, 2.24) is 10.2 Å². The summed E-state index contributed by atoms with van der Waals surface area (Å²) in [5.41, 5.74) is 0. The number of rotatable bonds is 4. The van der Waals surface area contributed by atoms with E-state index in [-0.39, 0.29) is 54.0 Å². The maximum absolute atomic E-state index is 12.4. The molecule has 3 rings (SSSR count). The van der Waals surface area contributed by atoms with E-state index in [1.165, 1.54) is 4.90 Å². The number of likely N-dealkylation sites (tertiary alicyclic amines) is 1. The van der Waals surface area contributed by atoms with Crippen molar-refractivity contribution in [3.05, 3.63) is 12.2 Å². The Morgan fingerprint density at radius 2 is 1.85 bits per heavy atom. The van der Waals surface area contributed by atoms with Crippen molar-refractivity contribution in [2.75, 3.05) is 6.54 Å². The molecule has 20 heavy (non-hydrogen) atoms. The fourth-order valence-corrected chi connectivity index (χ4v) is 3.69. The molecule has 0 aromatic rings. The minimum Gasteiger partial charge on any atom is -0.352 e. The summed E-state index contributed by atoms with van der Waals surface area (Å²) in [5.74, 6) is -0.593. The van der Waals surface area contributed by atoms with E-state index in [4.69, 9.17) is 0 Å². The van der Waals surface area contributed by atoms with Crippen LogP contribution >= 0.6 is 0 Å². The predicted octanol–water partition coefficient (Wildman–Crippen LogP) is 0.708. The molecule has 5 heteroatoms. The Hall–Kier alpha value is -1.65. The molecule has 1 aliphatic heterocycles. The van der Waals surface area contributed by atoms with Gasteiger partial charge in [0.1, 0.15) is 6.54 Å². The van der Waals surface area contributed by atoms with Crippen LogP contribution in [0.5, 0.6) is 0 Å². The van der Waals surface area contributed by atoms with Gasteiger partial charge in [-0.05, 0) is 31.6 Å². The van der Waals surface area contributed by atoms with E-state index in [0.717, 1.165) is 12.8 Å². The fourth-order valence-electron chi connectivity index (χ4n) is 3.69. The third-order valence-corrected chi connectivity index (χ3v) is 4.88. The molecule has 0 aromatic heterocycles. The van der Waals surface area contributed by atoms with Gasteiger partial charge in [0.2, 0.25) is 17.7 Å². The lowest BCUT2D eigenvalue weighted by Crippen LogP contribution is -2.44. The number of imide groups is 1. The molecule has 1 heterocycles. The van der Waals surface area contributed by atoms with Crippen molar-refractivity contribution in [2.45, 2.75) is 32.7 Å². The van der Waals surface area contributed by atoms with Crippen LogP contribution in [-0.2, 0) is 14.4 Å². The Bertz CT molecular complexity index is 469. The minimum atomic E-state index is -0.249. The van der Waals surface area contributed by atoms with Crippen LogP contribution < -0.4 is 5.32 Å². The molecule has 0 aromatic carbocycles. The number of hydrogen-bond acceptors (Lipinski definition) is 3. The Labute approximate surface area is 118 Å². The molecule has 3 aliphatic rings. The molecule has 3 amide bonds. The highest BCUT2D eigenvalue weighted by Crippen LogP contribution is 2.52. The van der Waals surface area contributed by atoms with Crippen LogP contribution in [0.4, 0.5) is 0 Å². The molecule has 0 radical (unpaired) electrons. The SMILES string of the molecule is CC[C@@H](C)NC(=O)CN1C(=O)[C@@H]2[C@H](C1=O)[C@H]1C=C[C@@H]2C1. The first kappa shape index (κ1) is 13.3. The summed E-state index contributed by atoms with van der Waals surface area (Å²) in [7, 11) is 0. The number of nitrogens with one attached hydrogen (secondary N) is 1. The van der Waals surface area contributed by atoms with Gasteiger partial charge in [0.05, 0.1) is 11.8 Å². The smallest absolute Gasteiger partial charge is 0.240 e. The van der Waals surface area contributed by atoms with Crippen molar-refractivity contribution in [3.8, 4) is 0 Å². The number of amides is 3. The van der Waals surface area contributed by atoms with Crippen molar-refractivity contribution >= 4 is 17.7 Å². The molecule has 5 nitrogen and oxygen atoms in total. The quantitative estimate of drug-likeness (QED) is 0.607. The van der Waals surface area contributed by atoms with Crippen molar-refractivity contribution in [2.24, 2.45) is 23.7 Å². The van der Waals surface area contributed by atoms with Gasteiger partial charge >= 0.3 is 0 Å². The van der Waals surface area contributed by atoms with E-state index < -0.39 is 0 Å². The van der Waals surface area contributed by atoms with E-state index in [2.05, 4.69) is 17.5 Å². The summed E-state index contributed by atoms with van der Waals surface area (Å²) in [6.07, 6.45) is 5.85. The third-order valence-electron chi connectivity index (χ3n) is 4.88. The summed E-state index contributed by atoms with van der Waals surface area (Å²) in [5, 5.41) is 2.80. The van der Waals surface area contributed by atoms with E-state index in [9.17, 15) is 14.4 Å². The van der Waals surface area contributed by atoms with Gasteiger partial charge < -0.3 is 5.32 Å². The Morgan fingerprint density at radius 1 is 1.30 bits per heavy atom.